The predicted molar refractivity (Wildman–Crippen MR) is 128 cm³/mol. The second kappa shape index (κ2) is 10.1. The lowest BCUT2D eigenvalue weighted by Gasteiger charge is -2.29. The fourth-order valence-electron chi connectivity index (χ4n) is 4.12. The summed E-state index contributed by atoms with van der Waals surface area (Å²) >= 11 is 0. The summed E-state index contributed by atoms with van der Waals surface area (Å²) in [7, 11) is -4.02. The number of urea groups is 1. The molecule has 2 aromatic carbocycles. The molecule has 1 saturated carbocycles. The molecule has 1 heterocycles. The SMILES string of the molecule is O=C1CN(C(=O)CNc2ccc(S(=O)(=O)NC(=O)NC3CCCCC3)cc2)c2ccccc2N1. The fourth-order valence-corrected chi connectivity index (χ4v) is 5.04. The fraction of sp³-hybridized carbons (Fsp3) is 0.348. The van der Waals surface area contributed by atoms with Crippen LogP contribution in [0.2, 0.25) is 0 Å². The molecule has 0 saturated heterocycles. The molecule has 4 rings (SSSR count). The molecular formula is C23H27N5O5S. The maximum atomic E-state index is 12.7. The van der Waals surface area contributed by atoms with Gasteiger partial charge in [-0.3, -0.25) is 14.5 Å². The maximum Gasteiger partial charge on any atom is 0.328 e. The Morgan fingerprint density at radius 3 is 2.44 bits per heavy atom. The van der Waals surface area contributed by atoms with Crippen molar-refractivity contribution in [3.05, 3.63) is 48.5 Å². The molecule has 4 N–H and O–H groups in total. The number of anilines is 3. The molecule has 0 bridgehead atoms. The number of hydrogen-bond donors (Lipinski definition) is 4. The van der Waals surface area contributed by atoms with Crippen molar-refractivity contribution in [2.45, 2.75) is 43.0 Å². The van der Waals surface area contributed by atoms with Gasteiger partial charge in [0.1, 0.15) is 6.54 Å². The molecule has 2 aromatic rings. The van der Waals surface area contributed by atoms with Crippen LogP contribution in [-0.2, 0) is 19.6 Å². The number of benzene rings is 2. The number of fused-ring (bicyclic) bond motifs is 1. The van der Waals surface area contributed by atoms with Crippen LogP contribution < -0.4 is 25.6 Å². The Morgan fingerprint density at radius 1 is 1.00 bits per heavy atom. The zero-order valence-corrected chi connectivity index (χ0v) is 19.4. The van der Waals surface area contributed by atoms with Crippen LogP contribution in [0.4, 0.5) is 21.9 Å². The summed E-state index contributed by atoms with van der Waals surface area (Å²) in [5.41, 5.74) is 1.71. The van der Waals surface area contributed by atoms with E-state index < -0.39 is 16.1 Å². The molecule has 1 aliphatic carbocycles. The Morgan fingerprint density at radius 2 is 1.71 bits per heavy atom. The van der Waals surface area contributed by atoms with Gasteiger partial charge in [-0.15, -0.1) is 0 Å². The van der Waals surface area contributed by atoms with E-state index >= 15 is 0 Å². The first-order chi connectivity index (χ1) is 16.3. The zero-order valence-electron chi connectivity index (χ0n) is 18.5. The summed E-state index contributed by atoms with van der Waals surface area (Å²) in [6, 6.07) is 12.0. The van der Waals surface area contributed by atoms with E-state index in [2.05, 4.69) is 16.0 Å². The summed E-state index contributed by atoms with van der Waals surface area (Å²) in [6.07, 6.45) is 4.86. The van der Waals surface area contributed by atoms with E-state index in [9.17, 15) is 22.8 Å². The third-order valence-electron chi connectivity index (χ3n) is 5.85. The maximum absolute atomic E-state index is 12.7. The molecule has 0 spiro atoms. The molecule has 4 amide bonds. The van der Waals surface area contributed by atoms with Gasteiger partial charge in [-0.2, -0.15) is 0 Å². The van der Waals surface area contributed by atoms with Crippen molar-refractivity contribution in [1.82, 2.24) is 10.0 Å². The average Bonchev–Trinajstić information content (AvgIpc) is 2.82. The number of hydrogen-bond acceptors (Lipinski definition) is 6. The van der Waals surface area contributed by atoms with Gasteiger partial charge in [0, 0.05) is 11.7 Å². The molecule has 11 heteroatoms. The van der Waals surface area contributed by atoms with Crippen LogP contribution in [0, 0.1) is 0 Å². The van der Waals surface area contributed by atoms with Crippen LogP contribution in [0.3, 0.4) is 0 Å². The lowest BCUT2D eigenvalue weighted by atomic mass is 9.96. The van der Waals surface area contributed by atoms with E-state index in [1.54, 1.807) is 24.3 Å². The Hall–Kier alpha value is -3.60. The van der Waals surface area contributed by atoms with Crippen molar-refractivity contribution in [3.63, 3.8) is 0 Å². The monoisotopic (exact) mass is 485 g/mol. The third-order valence-corrected chi connectivity index (χ3v) is 7.19. The van der Waals surface area contributed by atoms with E-state index in [4.69, 9.17) is 0 Å². The van der Waals surface area contributed by atoms with Crippen molar-refractivity contribution in [1.29, 1.82) is 0 Å². The molecule has 10 nitrogen and oxygen atoms in total. The van der Waals surface area contributed by atoms with Crippen LogP contribution in [0.25, 0.3) is 0 Å². The summed E-state index contributed by atoms with van der Waals surface area (Å²) in [6.45, 7) is -0.168. The predicted octanol–water partition coefficient (Wildman–Crippen LogP) is 2.40. The third kappa shape index (κ3) is 5.66. The molecule has 2 aliphatic rings. The van der Waals surface area contributed by atoms with Crippen LogP contribution >= 0.6 is 0 Å². The lowest BCUT2D eigenvalue weighted by Crippen LogP contribution is -2.45. The first-order valence-electron chi connectivity index (χ1n) is 11.2. The quantitative estimate of drug-likeness (QED) is 0.496. The summed E-state index contributed by atoms with van der Waals surface area (Å²) in [5, 5.41) is 8.39. The molecule has 34 heavy (non-hydrogen) atoms. The highest BCUT2D eigenvalue weighted by molar-refractivity contribution is 7.90. The minimum absolute atomic E-state index is 0.00833. The molecule has 0 aromatic heterocycles. The van der Waals surface area contributed by atoms with Gasteiger partial charge >= 0.3 is 6.03 Å². The highest BCUT2D eigenvalue weighted by atomic mass is 32.2. The van der Waals surface area contributed by atoms with Gasteiger partial charge in [0.15, 0.2) is 0 Å². The molecule has 0 radical (unpaired) electrons. The number of carbonyl (C=O) groups excluding carboxylic acids is 3. The highest BCUT2D eigenvalue weighted by Gasteiger charge is 2.26. The smallest absolute Gasteiger partial charge is 0.328 e. The Labute approximate surface area is 198 Å². The Balaban J connectivity index is 1.33. The van der Waals surface area contributed by atoms with Gasteiger partial charge in [0.25, 0.3) is 10.0 Å². The van der Waals surface area contributed by atoms with Gasteiger partial charge < -0.3 is 16.0 Å². The van der Waals surface area contributed by atoms with Crippen molar-refractivity contribution in [3.8, 4) is 0 Å². The van der Waals surface area contributed by atoms with Crippen LogP contribution in [0.1, 0.15) is 32.1 Å². The Kier molecular flexibility index (Phi) is 7.01. The minimum Gasteiger partial charge on any atom is -0.376 e. The van der Waals surface area contributed by atoms with Crippen LogP contribution in [0.15, 0.2) is 53.4 Å². The van der Waals surface area contributed by atoms with E-state index in [0.29, 0.717) is 17.1 Å². The molecule has 0 atom stereocenters. The van der Waals surface area contributed by atoms with Gasteiger partial charge in [0.2, 0.25) is 11.8 Å². The lowest BCUT2D eigenvalue weighted by molar-refractivity contribution is -0.120. The topological polar surface area (TPSA) is 137 Å². The van der Waals surface area contributed by atoms with E-state index in [1.807, 2.05) is 4.72 Å². The van der Waals surface area contributed by atoms with Crippen molar-refractivity contribution in [2.24, 2.45) is 0 Å². The van der Waals surface area contributed by atoms with Gasteiger partial charge in [-0.1, -0.05) is 31.4 Å². The second-order valence-corrected chi connectivity index (χ2v) is 10.0. The van der Waals surface area contributed by atoms with Crippen molar-refractivity contribution >= 4 is 44.9 Å². The number of nitrogens with one attached hydrogen (secondary N) is 4. The summed E-state index contributed by atoms with van der Waals surface area (Å²) < 4.78 is 27.1. The average molecular weight is 486 g/mol. The van der Waals surface area contributed by atoms with E-state index in [-0.39, 0.29) is 35.8 Å². The van der Waals surface area contributed by atoms with Gasteiger partial charge in [0.05, 0.1) is 22.8 Å². The van der Waals surface area contributed by atoms with Gasteiger partial charge in [-0.05, 0) is 49.2 Å². The molecule has 1 fully saturated rings. The second-order valence-electron chi connectivity index (χ2n) is 8.34. The zero-order chi connectivity index (χ0) is 24.1. The number of sulfonamides is 1. The minimum atomic E-state index is -4.02. The molecular weight excluding hydrogens is 458 g/mol. The number of rotatable bonds is 6. The normalized spacial score (nSPS) is 16.2. The van der Waals surface area contributed by atoms with Gasteiger partial charge in [-0.25, -0.2) is 17.9 Å². The standard InChI is InChI=1S/C23H27N5O5S/c29-21-15-28(20-9-5-4-8-19(20)26-21)22(30)14-24-16-10-12-18(13-11-16)34(32,33)27-23(31)25-17-6-2-1-3-7-17/h4-5,8-13,17,24H,1-3,6-7,14-15H2,(H,26,29)(H2,25,27,31). The van der Waals surface area contributed by atoms with Crippen LogP contribution in [-0.4, -0.2) is 45.4 Å². The van der Waals surface area contributed by atoms with Crippen molar-refractivity contribution in [2.75, 3.05) is 28.6 Å². The number of carbonyl (C=O) groups is 3. The first-order valence-corrected chi connectivity index (χ1v) is 12.7. The summed E-state index contributed by atoms with van der Waals surface area (Å²) in [4.78, 5) is 38.1. The van der Waals surface area contributed by atoms with E-state index in [1.165, 1.54) is 29.2 Å². The summed E-state index contributed by atoms with van der Waals surface area (Å²) in [5.74, 6) is -0.582. The van der Waals surface area contributed by atoms with Crippen molar-refractivity contribution < 1.29 is 22.8 Å². The number of amides is 4. The molecule has 1 aliphatic heterocycles. The Bertz CT molecular complexity index is 1180. The number of nitrogens with zero attached hydrogens (tertiary/aromatic N) is 1. The van der Waals surface area contributed by atoms with E-state index in [0.717, 1.165) is 32.1 Å². The molecule has 180 valence electrons. The first kappa shape index (κ1) is 23.6. The largest absolute Gasteiger partial charge is 0.376 e. The molecule has 0 unspecified atom stereocenters. The highest BCUT2D eigenvalue weighted by Crippen LogP contribution is 2.29. The van der Waals surface area contributed by atoms with Crippen LogP contribution in [0.5, 0.6) is 0 Å². The number of para-hydroxylation sites is 2.